The van der Waals surface area contributed by atoms with E-state index in [-0.39, 0.29) is 36.6 Å². The van der Waals surface area contributed by atoms with Crippen LogP contribution in [-0.2, 0) is 9.53 Å². The smallest absolute Gasteiger partial charge is 0.223 e. The van der Waals surface area contributed by atoms with Crippen molar-refractivity contribution >= 4 is 11.7 Å². The fourth-order valence-corrected chi connectivity index (χ4v) is 2.77. The molecule has 2 atom stereocenters. The molecule has 0 aliphatic carbocycles. The Morgan fingerprint density at radius 2 is 1.73 bits per heavy atom. The van der Waals surface area contributed by atoms with Crippen molar-refractivity contribution in [1.29, 1.82) is 0 Å². The molecular weight excluding hydrogens is 282 g/mol. The topological polar surface area (TPSA) is 55.8 Å². The molecule has 2 rings (SSSR count). The molecular formula is C17H23NO4. The van der Waals surface area contributed by atoms with Crippen molar-refractivity contribution < 1.29 is 19.1 Å². The molecule has 1 saturated heterocycles. The zero-order valence-corrected chi connectivity index (χ0v) is 13.4. The Labute approximate surface area is 131 Å². The second-order valence-electron chi connectivity index (χ2n) is 5.69. The molecule has 0 bridgehead atoms. The summed E-state index contributed by atoms with van der Waals surface area (Å²) in [6.45, 7) is 5.06. The van der Waals surface area contributed by atoms with Crippen LogP contribution in [0.3, 0.4) is 0 Å². The van der Waals surface area contributed by atoms with Gasteiger partial charge in [-0.15, -0.1) is 0 Å². The fraction of sp³-hybridized carbons (Fsp3) is 0.529. The molecule has 1 aromatic rings. The third-order valence-electron chi connectivity index (χ3n) is 3.93. The monoisotopic (exact) mass is 305 g/mol. The van der Waals surface area contributed by atoms with E-state index in [4.69, 9.17) is 9.47 Å². The van der Waals surface area contributed by atoms with E-state index in [2.05, 4.69) is 0 Å². The minimum atomic E-state index is -0.0235. The van der Waals surface area contributed by atoms with Crippen LogP contribution in [0.4, 0.5) is 0 Å². The molecule has 0 N–H and O–H groups in total. The van der Waals surface area contributed by atoms with Crippen LogP contribution < -0.4 is 4.74 Å². The SMILES string of the molecule is COc1ccc(C(=O)CCC(=O)N2C(C)COCC2C)cc1. The number of benzene rings is 1. The highest BCUT2D eigenvalue weighted by Crippen LogP contribution is 2.17. The first kappa shape index (κ1) is 16.5. The second kappa shape index (κ2) is 7.40. The van der Waals surface area contributed by atoms with E-state index >= 15 is 0 Å². The van der Waals surface area contributed by atoms with Gasteiger partial charge in [0.1, 0.15) is 5.75 Å². The number of amides is 1. The van der Waals surface area contributed by atoms with Crippen LogP contribution in [0.25, 0.3) is 0 Å². The lowest BCUT2D eigenvalue weighted by Crippen LogP contribution is -2.52. The van der Waals surface area contributed by atoms with Crippen LogP contribution in [0.2, 0.25) is 0 Å². The quantitative estimate of drug-likeness (QED) is 0.783. The van der Waals surface area contributed by atoms with Crippen LogP contribution in [0, 0.1) is 0 Å². The number of nitrogens with zero attached hydrogens (tertiary/aromatic N) is 1. The standard InChI is InChI=1S/C17H23NO4/c1-12-10-22-11-13(2)18(12)17(20)9-8-16(19)14-4-6-15(21-3)7-5-14/h4-7,12-13H,8-11H2,1-3H3. The van der Waals surface area contributed by atoms with Gasteiger partial charge < -0.3 is 14.4 Å². The van der Waals surface area contributed by atoms with Crippen LogP contribution in [-0.4, -0.2) is 49.0 Å². The van der Waals surface area contributed by atoms with E-state index < -0.39 is 0 Å². The van der Waals surface area contributed by atoms with Crippen molar-refractivity contribution in [1.82, 2.24) is 4.90 Å². The Balaban J connectivity index is 1.90. The number of ketones is 1. The Kier molecular flexibility index (Phi) is 5.55. The van der Waals surface area contributed by atoms with Gasteiger partial charge >= 0.3 is 0 Å². The van der Waals surface area contributed by atoms with Crippen LogP contribution >= 0.6 is 0 Å². The maximum Gasteiger partial charge on any atom is 0.223 e. The molecule has 22 heavy (non-hydrogen) atoms. The van der Waals surface area contributed by atoms with Crippen molar-refractivity contribution in [3.8, 4) is 5.75 Å². The van der Waals surface area contributed by atoms with Crippen molar-refractivity contribution in [2.45, 2.75) is 38.8 Å². The first-order valence-electron chi connectivity index (χ1n) is 7.59. The molecule has 120 valence electrons. The van der Waals surface area contributed by atoms with E-state index in [1.165, 1.54) is 0 Å². The predicted octanol–water partition coefficient (Wildman–Crippen LogP) is 2.29. The third kappa shape index (κ3) is 3.85. The molecule has 1 aliphatic rings. The van der Waals surface area contributed by atoms with Crippen molar-refractivity contribution in [3.63, 3.8) is 0 Å². The Morgan fingerprint density at radius 1 is 1.14 bits per heavy atom. The number of carbonyl (C=O) groups is 2. The fourth-order valence-electron chi connectivity index (χ4n) is 2.77. The van der Waals surface area contributed by atoms with Gasteiger partial charge in [-0.25, -0.2) is 0 Å². The molecule has 1 aliphatic heterocycles. The molecule has 1 amide bonds. The Hall–Kier alpha value is -1.88. The van der Waals surface area contributed by atoms with Gasteiger partial charge in [-0.05, 0) is 38.1 Å². The van der Waals surface area contributed by atoms with Gasteiger partial charge in [0.05, 0.1) is 32.4 Å². The zero-order chi connectivity index (χ0) is 16.1. The van der Waals surface area contributed by atoms with E-state index in [1.54, 1.807) is 31.4 Å². The highest BCUT2D eigenvalue weighted by Gasteiger charge is 2.29. The summed E-state index contributed by atoms with van der Waals surface area (Å²) in [7, 11) is 1.58. The van der Waals surface area contributed by atoms with Crippen LogP contribution in [0.5, 0.6) is 5.75 Å². The van der Waals surface area contributed by atoms with Crippen molar-refractivity contribution in [3.05, 3.63) is 29.8 Å². The summed E-state index contributed by atoms with van der Waals surface area (Å²) in [4.78, 5) is 26.3. The molecule has 5 heteroatoms. The van der Waals surface area contributed by atoms with Gasteiger partial charge in [0, 0.05) is 18.4 Å². The van der Waals surface area contributed by atoms with Gasteiger partial charge in [-0.2, -0.15) is 0 Å². The highest BCUT2D eigenvalue weighted by atomic mass is 16.5. The van der Waals surface area contributed by atoms with E-state index in [0.717, 1.165) is 0 Å². The predicted molar refractivity (Wildman–Crippen MR) is 83.1 cm³/mol. The Bertz CT molecular complexity index is 516. The number of hydrogen-bond donors (Lipinski definition) is 0. The van der Waals surface area contributed by atoms with Crippen LogP contribution in [0.1, 0.15) is 37.0 Å². The van der Waals surface area contributed by atoms with Gasteiger partial charge in [-0.3, -0.25) is 9.59 Å². The van der Waals surface area contributed by atoms with Crippen molar-refractivity contribution in [2.24, 2.45) is 0 Å². The number of rotatable bonds is 5. The molecule has 0 aromatic heterocycles. The molecule has 1 aromatic carbocycles. The molecule has 1 fully saturated rings. The summed E-state index contributed by atoms with van der Waals surface area (Å²) >= 11 is 0. The molecule has 0 spiro atoms. The number of hydrogen-bond acceptors (Lipinski definition) is 4. The molecule has 2 unspecified atom stereocenters. The minimum Gasteiger partial charge on any atom is -0.497 e. The highest BCUT2D eigenvalue weighted by molar-refractivity contribution is 5.98. The Morgan fingerprint density at radius 3 is 2.27 bits per heavy atom. The summed E-state index contributed by atoms with van der Waals surface area (Å²) in [5.74, 6) is 0.707. The number of ether oxygens (including phenoxy) is 2. The van der Waals surface area contributed by atoms with E-state index in [9.17, 15) is 9.59 Å². The maximum atomic E-state index is 12.4. The molecule has 0 saturated carbocycles. The third-order valence-corrected chi connectivity index (χ3v) is 3.93. The lowest BCUT2D eigenvalue weighted by atomic mass is 10.0. The average Bonchev–Trinajstić information content (AvgIpc) is 2.52. The average molecular weight is 305 g/mol. The molecule has 0 radical (unpaired) electrons. The van der Waals surface area contributed by atoms with Crippen LogP contribution in [0.15, 0.2) is 24.3 Å². The molecule has 1 heterocycles. The number of morpholine rings is 1. The van der Waals surface area contributed by atoms with E-state index in [1.807, 2.05) is 18.7 Å². The summed E-state index contributed by atoms with van der Waals surface area (Å²) < 4.78 is 10.5. The van der Waals surface area contributed by atoms with Gasteiger partial charge in [0.15, 0.2) is 5.78 Å². The number of methoxy groups -OCH3 is 1. The zero-order valence-electron chi connectivity index (χ0n) is 13.4. The van der Waals surface area contributed by atoms with Gasteiger partial charge in [-0.1, -0.05) is 0 Å². The van der Waals surface area contributed by atoms with Crippen molar-refractivity contribution in [2.75, 3.05) is 20.3 Å². The first-order chi connectivity index (χ1) is 10.5. The summed E-state index contributed by atoms with van der Waals surface area (Å²) in [6, 6.07) is 7.08. The minimum absolute atomic E-state index is 0.0187. The van der Waals surface area contributed by atoms with E-state index in [0.29, 0.717) is 24.5 Å². The number of Topliss-reactive ketones (excluding diaryl/α,β-unsaturated/α-hetero) is 1. The van der Waals surface area contributed by atoms with Gasteiger partial charge in [0.2, 0.25) is 5.91 Å². The summed E-state index contributed by atoms with van der Waals surface area (Å²) in [5, 5.41) is 0. The summed E-state index contributed by atoms with van der Waals surface area (Å²) in [5.41, 5.74) is 0.608. The lowest BCUT2D eigenvalue weighted by molar-refractivity contribution is -0.144. The number of carbonyl (C=O) groups excluding carboxylic acids is 2. The van der Waals surface area contributed by atoms with Gasteiger partial charge in [0.25, 0.3) is 0 Å². The lowest BCUT2D eigenvalue weighted by Gasteiger charge is -2.38. The summed E-state index contributed by atoms with van der Waals surface area (Å²) in [6.07, 6.45) is 0.460. The second-order valence-corrected chi connectivity index (χ2v) is 5.69. The first-order valence-corrected chi connectivity index (χ1v) is 7.59. The molecule has 5 nitrogen and oxygen atoms in total. The largest absolute Gasteiger partial charge is 0.497 e. The maximum absolute atomic E-state index is 12.4. The normalized spacial score (nSPS) is 21.5.